The SMILES string of the molecule is CC(C)CN(C[C@@H](O)[C@H](Cc1ccc(OCCNC(=O)OC(C)(C)C)cc1)NC(=O)O[C@@H]1CO[C@H]2OCC[C@H]21)S(=O)(=O)c1ccc2c(c1)OCO2. The van der Waals surface area contributed by atoms with Gasteiger partial charge >= 0.3 is 12.2 Å². The van der Waals surface area contributed by atoms with E-state index in [0.717, 1.165) is 5.56 Å². The van der Waals surface area contributed by atoms with E-state index in [1.807, 2.05) is 13.8 Å². The van der Waals surface area contributed by atoms with E-state index in [9.17, 15) is 23.1 Å². The van der Waals surface area contributed by atoms with Crippen LogP contribution < -0.4 is 24.8 Å². The van der Waals surface area contributed by atoms with E-state index in [-0.39, 0.29) is 62.8 Å². The van der Waals surface area contributed by atoms with Crippen LogP contribution in [0, 0.1) is 11.8 Å². The summed E-state index contributed by atoms with van der Waals surface area (Å²) in [5.74, 6) is 1.15. The Hall–Kier alpha value is -3.83. The summed E-state index contributed by atoms with van der Waals surface area (Å²) < 4.78 is 67.6. The zero-order valence-corrected chi connectivity index (χ0v) is 30.5. The molecule has 3 aliphatic heterocycles. The van der Waals surface area contributed by atoms with Crippen molar-refractivity contribution in [1.82, 2.24) is 14.9 Å². The Bertz CT molecular complexity index is 1600. The van der Waals surface area contributed by atoms with E-state index in [0.29, 0.717) is 30.3 Å². The Kier molecular flexibility index (Phi) is 12.6. The summed E-state index contributed by atoms with van der Waals surface area (Å²) in [7, 11) is -4.09. The fourth-order valence-corrected chi connectivity index (χ4v) is 7.60. The van der Waals surface area contributed by atoms with Crippen LogP contribution in [-0.2, 0) is 35.4 Å². The van der Waals surface area contributed by atoms with Crippen molar-refractivity contribution in [3.8, 4) is 17.2 Å². The molecule has 51 heavy (non-hydrogen) atoms. The Morgan fingerprint density at radius 3 is 2.49 bits per heavy atom. The highest BCUT2D eigenvalue weighted by Crippen LogP contribution is 2.35. The second kappa shape index (κ2) is 16.7. The number of benzene rings is 2. The van der Waals surface area contributed by atoms with E-state index < -0.39 is 52.4 Å². The highest BCUT2D eigenvalue weighted by atomic mass is 32.2. The van der Waals surface area contributed by atoms with Crippen LogP contribution in [0.3, 0.4) is 0 Å². The molecule has 16 heteroatoms. The number of sulfonamides is 1. The van der Waals surface area contributed by atoms with Crippen LogP contribution in [0.2, 0.25) is 0 Å². The Morgan fingerprint density at radius 2 is 1.76 bits per heavy atom. The molecule has 15 nitrogen and oxygen atoms in total. The second-order valence-corrected chi connectivity index (χ2v) is 16.1. The first-order valence-corrected chi connectivity index (χ1v) is 18.6. The topological polar surface area (TPSA) is 180 Å². The standard InChI is InChI=1S/C35H49N3O12S/c1-22(2)18-38(51(42,43)25-10-11-29-30(17-25)48-21-47-29)19-28(39)27(37-34(41)49-31-20-46-32-26(31)12-14-45-32)16-23-6-8-24(9-7-23)44-15-13-36-33(40)50-35(3,4)5/h6-11,17,22,26-28,31-32,39H,12-16,18-21H2,1-5H3,(H,36,40)(H,37,41)/t26-,27-,28+,31+,32+/m0/s1. The van der Waals surface area contributed by atoms with Crippen molar-refractivity contribution in [3.05, 3.63) is 48.0 Å². The minimum atomic E-state index is -4.09. The maximum absolute atomic E-state index is 13.9. The molecule has 2 aromatic rings. The molecule has 0 aliphatic carbocycles. The van der Waals surface area contributed by atoms with Crippen molar-refractivity contribution < 1.29 is 56.3 Å². The quantitative estimate of drug-likeness (QED) is 0.227. The number of alkyl carbamates (subject to hydrolysis) is 2. The number of aliphatic hydroxyl groups excluding tert-OH is 1. The molecule has 2 saturated heterocycles. The average Bonchev–Trinajstić information content (AvgIpc) is 3.81. The van der Waals surface area contributed by atoms with Gasteiger partial charge in [-0.1, -0.05) is 26.0 Å². The highest BCUT2D eigenvalue weighted by molar-refractivity contribution is 7.89. The first-order chi connectivity index (χ1) is 24.2. The molecular formula is C35H49N3O12S. The molecule has 0 aromatic heterocycles. The van der Waals surface area contributed by atoms with E-state index in [1.54, 1.807) is 45.0 Å². The number of nitrogens with one attached hydrogen (secondary N) is 2. The van der Waals surface area contributed by atoms with Crippen molar-refractivity contribution in [1.29, 1.82) is 0 Å². The lowest BCUT2D eigenvalue weighted by Crippen LogP contribution is -2.51. The summed E-state index contributed by atoms with van der Waals surface area (Å²) in [5.41, 5.74) is 0.131. The number of carbonyl (C=O) groups excluding carboxylic acids is 2. The minimum absolute atomic E-state index is 0.00345. The number of aliphatic hydroxyl groups is 1. The molecule has 2 fully saturated rings. The van der Waals surface area contributed by atoms with Gasteiger partial charge in [-0.15, -0.1) is 0 Å². The third kappa shape index (κ3) is 10.6. The Morgan fingerprint density at radius 1 is 1.02 bits per heavy atom. The van der Waals surface area contributed by atoms with Crippen LogP contribution in [0.5, 0.6) is 17.2 Å². The molecule has 0 radical (unpaired) electrons. The van der Waals surface area contributed by atoms with Gasteiger partial charge < -0.3 is 48.9 Å². The van der Waals surface area contributed by atoms with Crippen LogP contribution in [-0.4, -0.2) is 106 Å². The zero-order valence-electron chi connectivity index (χ0n) is 29.7. The van der Waals surface area contributed by atoms with E-state index in [2.05, 4.69) is 10.6 Å². The fraction of sp³-hybridized carbons (Fsp3) is 0.600. The molecule has 0 saturated carbocycles. The predicted molar refractivity (Wildman–Crippen MR) is 183 cm³/mol. The molecule has 0 unspecified atom stereocenters. The number of hydrogen-bond donors (Lipinski definition) is 3. The van der Waals surface area contributed by atoms with Gasteiger partial charge in [0, 0.05) is 19.2 Å². The van der Waals surface area contributed by atoms with Gasteiger partial charge in [0.05, 0.1) is 42.7 Å². The summed E-state index contributed by atoms with van der Waals surface area (Å²) in [5, 5.41) is 17.1. The van der Waals surface area contributed by atoms with Gasteiger partial charge in [-0.2, -0.15) is 4.31 Å². The van der Waals surface area contributed by atoms with Crippen molar-refractivity contribution in [2.24, 2.45) is 11.8 Å². The number of nitrogens with zero attached hydrogens (tertiary/aromatic N) is 1. The van der Waals surface area contributed by atoms with Crippen molar-refractivity contribution >= 4 is 22.2 Å². The van der Waals surface area contributed by atoms with E-state index in [1.165, 1.54) is 22.5 Å². The van der Waals surface area contributed by atoms with E-state index in [4.69, 9.17) is 33.2 Å². The normalized spacial score (nSPS) is 20.9. The molecule has 3 aliphatic rings. The van der Waals surface area contributed by atoms with Crippen LogP contribution in [0.25, 0.3) is 0 Å². The maximum Gasteiger partial charge on any atom is 0.407 e. The number of ether oxygens (including phenoxy) is 7. The Labute approximate surface area is 298 Å². The summed E-state index contributed by atoms with van der Waals surface area (Å²) in [6.07, 6.45) is -2.72. The molecule has 282 valence electrons. The summed E-state index contributed by atoms with van der Waals surface area (Å²) in [6, 6.07) is 10.5. The number of fused-ring (bicyclic) bond motifs is 2. The highest BCUT2D eigenvalue weighted by Gasteiger charge is 2.44. The maximum atomic E-state index is 13.9. The summed E-state index contributed by atoms with van der Waals surface area (Å²) in [4.78, 5) is 25.1. The summed E-state index contributed by atoms with van der Waals surface area (Å²) >= 11 is 0. The van der Waals surface area contributed by atoms with Gasteiger partial charge in [0.15, 0.2) is 17.8 Å². The van der Waals surface area contributed by atoms with Gasteiger partial charge in [-0.05, 0) is 69.4 Å². The molecule has 5 atom stereocenters. The average molecular weight is 736 g/mol. The molecule has 2 aromatic carbocycles. The molecule has 3 heterocycles. The van der Waals surface area contributed by atoms with Crippen LogP contribution in [0.1, 0.15) is 46.6 Å². The third-order valence-corrected chi connectivity index (χ3v) is 10.2. The molecular weight excluding hydrogens is 686 g/mol. The molecule has 0 bridgehead atoms. The predicted octanol–water partition coefficient (Wildman–Crippen LogP) is 3.43. The van der Waals surface area contributed by atoms with Gasteiger partial charge in [-0.3, -0.25) is 0 Å². The Balaban J connectivity index is 1.27. The second-order valence-electron chi connectivity index (χ2n) is 14.1. The van der Waals surface area contributed by atoms with Crippen molar-refractivity contribution in [2.75, 3.05) is 46.2 Å². The monoisotopic (exact) mass is 735 g/mol. The number of hydrogen-bond acceptors (Lipinski definition) is 12. The smallest absolute Gasteiger partial charge is 0.407 e. The van der Waals surface area contributed by atoms with Gasteiger partial charge in [0.25, 0.3) is 0 Å². The van der Waals surface area contributed by atoms with Gasteiger partial charge in [0.1, 0.15) is 24.1 Å². The number of rotatable bonds is 15. The van der Waals surface area contributed by atoms with E-state index >= 15 is 0 Å². The van der Waals surface area contributed by atoms with Crippen LogP contribution in [0.15, 0.2) is 47.4 Å². The van der Waals surface area contributed by atoms with Crippen LogP contribution in [0.4, 0.5) is 9.59 Å². The lowest BCUT2D eigenvalue weighted by atomic mass is 10.0. The number of amides is 2. The first-order valence-electron chi connectivity index (χ1n) is 17.1. The minimum Gasteiger partial charge on any atom is -0.492 e. The number of carbonyl (C=O) groups is 2. The molecule has 0 spiro atoms. The van der Waals surface area contributed by atoms with Crippen molar-refractivity contribution in [2.45, 2.75) is 82.5 Å². The molecule has 5 rings (SSSR count). The largest absolute Gasteiger partial charge is 0.492 e. The molecule has 3 N–H and O–H groups in total. The summed E-state index contributed by atoms with van der Waals surface area (Å²) in [6.45, 7) is 10.0. The third-order valence-electron chi connectivity index (χ3n) is 8.37. The van der Waals surface area contributed by atoms with Crippen molar-refractivity contribution in [3.63, 3.8) is 0 Å². The van der Waals surface area contributed by atoms with Crippen LogP contribution >= 0.6 is 0 Å². The van der Waals surface area contributed by atoms with Gasteiger partial charge in [-0.25, -0.2) is 18.0 Å². The first kappa shape index (κ1) is 38.4. The molecule has 2 amide bonds. The van der Waals surface area contributed by atoms with Gasteiger partial charge in [0.2, 0.25) is 16.8 Å². The lowest BCUT2D eigenvalue weighted by molar-refractivity contribution is -0.0907. The zero-order chi connectivity index (χ0) is 36.8. The fourth-order valence-electron chi connectivity index (χ4n) is 5.97. The lowest BCUT2D eigenvalue weighted by Gasteiger charge is -2.31.